The molecule has 2 N–H and O–H groups in total. The minimum Gasteiger partial charge on any atom is -0.477 e. The number of fused-ring (bicyclic) bond motifs is 3. The van der Waals surface area contributed by atoms with Gasteiger partial charge in [-0.15, -0.1) is 0 Å². The maximum absolute atomic E-state index is 13.4. The van der Waals surface area contributed by atoms with E-state index in [0.29, 0.717) is 16.0 Å². The minimum absolute atomic E-state index is 0.143. The Labute approximate surface area is 214 Å². The largest absolute Gasteiger partial charge is 0.477 e. The van der Waals surface area contributed by atoms with Gasteiger partial charge in [-0.05, 0) is 52.1 Å². The summed E-state index contributed by atoms with van der Waals surface area (Å²) in [5.74, 6) is -1.42. The third kappa shape index (κ3) is 3.53. The number of carbonyl (C=O) groups is 2. The Morgan fingerprint density at radius 2 is 1.84 bits per heavy atom. The summed E-state index contributed by atoms with van der Waals surface area (Å²) < 4.78 is 32.5. The molecule has 1 saturated heterocycles. The Balaban J connectivity index is 1.79. The number of amides is 1. The number of carbonyl (C=O) groups excluding carboxylic acids is 2. The van der Waals surface area contributed by atoms with Gasteiger partial charge in [-0.1, -0.05) is 45.5 Å². The van der Waals surface area contributed by atoms with E-state index in [1.54, 1.807) is 36.4 Å². The third-order valence-electron chi connectivity index (χ3n) is 7.31. The monoisotopic (exact) mass is 522 g/mol. The molecule has 1 fully saturated rings. The van der Waals surface area contributed by atoms with Crippen LogP contribution in [0.3, 0.4) is 0 Å². The number of ketones is 1. The molecule has 3 aliphatic rings. The van der Waals surface area contributed by atoms with Crippen molar-refractivity contribution in [3.05, 3.63) is 83.1 Å². The fraction of sp³-hybridized carbons (Fsp3) is 0.333. The zero-order chi connectivity index (χ0) is 27.0. The second-order valence-corrected chi connectivity index (χ2v) is 12.6. The predicted octanol–water partition coefficient (Wildman–Crippen LogP) is 3.28. The van der Waals surface area contributed by atoms with Crippen LogP contribution in [0.15, 0.2) is 72.7 Å². The van der Waals surface area contributed by atoms with Crippen LogP contribution in [0, 0.1) is 16.2 Å². The number of hydrogen-bond acceptors (Lipinski definition) is 7. The van der Waals surface area contributed by atoms with E-state index < -0.39 is 38.3 Å². The first-order chi connectivity index (χ1) is 17.2. The highest BCUT2D eigenvalue weighted by Crippen LogP contribution is 2.63. The summed E-state index contributed by atoms with van der Waals surface area (Å²) in [6.07, 6.45) is 5.83. The molecule has 2 bridgehead atoms. The highest BCUT2D eigenvalue weighted by molar-refractivity contribution is 7.92. The number of sulfonamides is 1. The van der Waals surface area contributed by atoms with E-state index in [1.807, 2.05) is 32.9 Å². The fourth-order valence-electron chi connectivity index (χ4n) is 6.01. The van der Waals surface area contributed by atoms with E-state index in [4.69, 9.17) is 4.74 Å². The molecule has 0 aromatic heterocycles. The molecular weight excluding hydrogens is 494 g/mol. The molecule has 1 amide bonds. The standard InChI is InChI=1S/C27H27N3O6S/c1-6-27-23(25(2,3)4)22(31)21(36-27)13-26(27,20-14-28-15-30(33)24(20)32)18-9-7-17-12-19(29-37(5,34)35)10-8-16(17)11-18/h6-14,23,29H,1,15H2,2-5H3/p+1. The number of anilines is 1. The van der Waals surface area contributed by atoms with Gasteiger partial charge in [0.2, 0.25) is 15.8 Å². The molecule has 3 heterocycles. The number of hydrogen-bond donors (Lipinski definition) is 2. The first kappa shape index (κ1) is 24.9. The number of benzene rings is 2. The molecule has 2 aromatic carbocycles. The van der Waals surface area contributed by atoms with Crippen LogP contribution >= 0.6 is 0 Å². The summed E-state index contributed by atoms with van der Waals surface area (Å²) in [5.41, 5.74) is -2.03. The normalized spacial score (nSPS) is 27.5. The van der Waals surface area contributed by atoms with E-state index >= 15 is 0 Å². The van der Waals surface area contributed by atoms with E-state index in [9.17, 15) is 22.9 Å². The van der Waals surface area contributed by atoms with E-state index in [1.165, 1.54) is 6.20 Å². The maximum atomic E-state index is 13.4. The van der Waals surface area contributed by atoms with E-state index in [-0.39, 0.29) is 23.8 Å². The van der Waals surface area contributed by atoms with Gasteiger partial charge < -0.3 is 10.1 Å². The molecule has 3 atom stereocenters. The van der Waals surface area contributed by atoms with Crippen LogP contribution in [0.4, 0.5) is 5.69 Å². The second kappa shape index (κ2) is 7.85. The van der Waals surface area contributed by atoms with Crippen molar-refractivity contribution in [1.29, 1.82) is 0 Å². The van der Waals surface area contributed by atoms with Crippen molar-refractivity contribution in [2.24, 2.45) is 11.3 Å². The Morgan fingerprint density at radius 1 is 1.16 bits per heavy atom. The van der Waals surface area contributed by atoms with Gasteiger partial charge in [-0.3, -0.25) is 9.52 Å². The molecule has 0 radical (unpaired) electrons. The van der Waals surface area contributed by atoms with Crippen molar-refractivity contribution >= 4 is 38.2 Å². The van der Waals surface area contributed by atoms with Crippen molar-refractivity contribution in [3.8, 4) is 0 Å². The molecule has 0 saturated carbocycles. The van der Waals surface area contributed by atoms with Crippen molar-refractivity contribution < 1.29 is 27.5 Å². The van der Waals surface area contributed by atoms with Gasteiger partial charge in [0, 0.05) is 16.8 Å². The van der Waals surface area contributed by atoms with Crippen molar-refractivity contribution in [3.63, 3.8) is 0 Å². The molecule has 0 aliphatic carbocycles. The fourth-order valence-corrected chi connectivity index (χ4v) is 6.56. The Hall–Kier alpha value is -3.79. The number of nitrogens with one attached hydrogen (secondary N) is 2. The maximum Gasteiger partial charge on any atom is 0.466 e. The quantitative estimate of drug-likeness (QED) is 0.457. The summed E-state index contributed by atoms with van der Waals surface area (Å²) in [7, 11) is -3.45. The number of ether oxygens (including phenoxy) is 1. The van der Waals surface area contributed by atoms with Gasteiger partial charge in [0.05, 0.1) is 22.3 Å². The highest BCUT2D eigenvalue weighted by atomic mass is 32.2. The van der Waals surface area contributed by atoms with Crippen molar-refractivity contribution in [1.82, 2.24) is 5.32 Å². The van der Waals surface area contributed by atoms with Gasteiger partial charge in [0.1, 0.15) is 5.57 Å². The van der Waals surface area contributed by atoms with Gasteiger partial charge in [-0.25, -0.2) is 13.2 Å². The van der Waals surface area contributed by atoms with Crippen molar-refractivity contribution in [2.75, 3.05) is 17.6 Å². The van der Waals surface area contributed by atoms with E-state index in [0.717, 1.165) is 17.0 Å². The third-order valence-corrected chi connectivity index (χ3v) is 7.91. The van der Waals surface area contributed by atoms with Gasteiger partial charge in [0.15, 0.2) is 11.4 Å². The molecule has 0 spiro atoms. The molecule has 5 rings (SSSR count). The Morgan fingerprint density at radius 3 is 2.49 bits per heavy atom. The van der Waals surface area contributed by atoms with Gasteiger partial charge in [0.25, 0.3) is 6.67 Å². The SMILES string of the molecule is C=CC12OC(=CC1(C1=CNC[N+](=O)C1=O)c1ccc3cc(NS(C)(=O)=O)ccc3c1)C(=O)C2C(C)(C)C. The second-order valence-electron chi connectivity index (χ2n) is 10.8. The van der Waals surface area contributed by atoms with Crippen LogP contribution in [0.5, 0.6) is 0 Å². The van der Waals surface area contributed by atoms with Crippen LogP contribution in [-0.2, 0) is 29.8 Å². The number of rotatable bonds is 5. The molecule has 10 heteroatoms. The van der Waals surface area contributed by atoms with Crippen molar-refractivity contribution in [2.45, 2.75) is 31.8 Å². The molecule has 192 valence electrons. The van der Waals surface area contributed by atoms with Gasteiger partial charge >= 0.3 is 5.91 Å². The lowest BCUT2D eigenvalue weighted by Gasteiger charge is -2.48. The molecule has 3 unspecified atom stereocenters. The zero-order valence-corrected chi connectivity index (χ0v) is 21.8. The number of nitrogens with zero attached hydrogens (tertiary/aromatic N) is 1. The molecular formula is C27H28N3O6S+. The van der Waals surface area contributed by atoms with Crippen LogP contribution in [0.2, 0.25) is 0 Å². The average Bonchev–Trinajstić information content (AvgIpc) is 3.30. The first-order valence-electron chi connectivity index (χ1n) is 11.8. The summed E-state index contributed by atoms with van der Waals surface area (Å²) >= 11 is 0. The Bertz CT molecular complexity index is 1580. The van der Waals surface area contributed by atoms with Crippen LogP contribution in [-0.4, -0.2) is 43.4 Å². The van der Waals surface area contributed by atoms with Crippen LogP contribution in [0.25, 0.3) is 10.8 Å². The first-order valence-corrected chi connectivity index (χ1v) is 13.7. The van der Waals surface area contributed by atoms with Crippen LogP contribution < -0.4 is 10.0 Å². The summed E-state index contributed by atoms with van der Waals surface area (Å²) in [4.78, 5) is 39.2. The summed E-state index contributed by atoms with van der Waals surface area (Å²) in [6, 6.07) is 10.6. The lowest BCUT2D eigenvalue weighted by Crippen LogP contribution is -2.60. The molecule has 9 nitrogen and oxygen atoms in total. The lowest BCUT2D eigenvalue weighted by atomic mass is 9.52. The molecule has 37 heavy (non-hydrogen) atoms. The van der Waals surface area contributed by atoms with Gasteiger partial charge in [-0.2, -0.15) is 0 Å². The van der Waals surface area contributed by atoms with E-state index in [2.05, 4.69) is 16.6 Å². The van der Waals surface area contributed by atoms with Crippen LogP contribution in [0.1, 0.15) is 26.3 Å². The summed E-state index contributed by atoms with van der Waals surface area (Å²) in [6.45, 7) is 9.66. The topological polar surface area (TPSA) is 122 Å². The number of nitroso groups, excluding NO2 is 1. The average molecular weight is 523 g/mol. The molecule has 2 aromatic rings. The highest BCUT2D eigenvalue weighted by Gasteiger charge is 2.73. The lowest BCUT2D eigenvalue weighted by molar-refractivity contribution is -0.472. The summed E-state index contributed by atoms with van der Waals surface area (Å²) in [5, 5.41) is 4.41. The predicted molar refractivity (Wildman–Crippen MR) is 139 cm³/mol. The zero-order valence-electron chi connectivity index (χ0n) is 21.0. The minimum atomic E-state index is -3.45. The molecule has 3 aliphatic heterocycles. The number of allylic oxidation sites excluding steroid dienone is 1. The smallest absolute Gasteiger partial charge is 0.466 e. The Kier molecular flexibility index (Phi) is 5.28. The number of Topliss-reactive ketones (excluding diaryl/α,β-unsaturated/α-hetero) is 1.